The SMILES string of the molecule is N=C/C=N\Nc1ccc(NC(=O)c2cnn(-c3cnc4c5c(cccc35)C(=O)N4)c2C(F)(F)F)cc1Cl. The van der Waals surface area contributed by atoms with Crippen LogP contribution in [0.3, 0.4) is 0 Å². The Kier molecular flexibility index (Phi) is 5.84. The van der Waals surface area contributed by atoms with Gasteiger partial charge in [0.05, 0.1) is 46.1 Å². The lowest BCUT2D eigenvalue weighted by Gasteiger charge is -2.14. The zero-order valence-electron chi connectivity index (χ0n) is 18.4. The van der Waals surface area contributed by atoms with Gasteiger partial charge >= 0.3 is 6.18 Å². The number of rotatable bonds is 6. The second-order valence-electron chi connectivity index (χ2n) is 7.70. The monoisotopic (exact) mass is 526 g/mol. The molecule has 1 aliphatic rings. The first kappa shape index (κ1) is 23.9. The van der Waals surface area contributed by atoms with E-state index in [-0.39, 0.29) is 27.8 Å². The van der Waals surface area contributed by atoms with E-state index in [1.165, 1.54) is 24.4 Å². The number of benzene rings is 2. The minimum atomic E-state index is -4.96. The molecule has 0 radical (unpaired) electrons. The number of nitrogens with zero attached hydrogens (tertiary/aromatic N) is 4. The summed E-state index contributed by atoms with van der Waals surface area (Å²) in [5.74, 6) is -1.24. The third kappa shape index (κ3) is 4.25. The van der Waals surface area contributed by atoms with Crippen LogP contribution in [0.25, 0.3) is 16.5 Å². The second-order valence-corrected chi connectivity index (χ2v) is 8.10. The quantitative estimate of drug-likeness (QED) is 0.208. The molecule has 4 aromatic rings. The van der Waals surface area contributed by atoms with E-state index < -0.39 is 29.2 Å². The van der Waals surface area contributed by atoms with Crippen LogP contribution in [0.5, 0.6) is 0 Å². The van der Waals surface area contributed by atoms with E-state index in [2.05, 4.69) is 31.2 Å². The highest BCUT2D eigenvalue weighted by atomic mass is 35.5. The van der Waals surface area contributed by atoms with Crippen molar-refractivity contribution in [3.63, 3.8) is 0 Å². The van der Waals surface area contributed by atoms with Crippen LogP contribution in [-0.4, -0.2) is 39.0 Å². The van der Waals surface area contributed by atoms with Crippen molar-refractivity contribution in [2.45, 2.75) is 6.18 Å². The van der Waals surface area contributed by atoms with Crippen molar-refractivity contribution < 1.29 is 22.8 Å². The summed E-state index contributed by atoms with van der Waals surface area (Å²) < 4.78 is 43.3. The minimum Gasteiger partial charge on any atom is -0.322 e. The van der Waals surface area contributed by atoms with Crippen molar-refractivity contribution in [1.82, 2.24) is 14.8 Å². The molecular weight excluding hydrogens is 513 g/mol. The van der Waals surface area contributed by atoms with Gasteiger partial charge in [-0.15, -0.1) is 0 Å². The summed E-state index contributed by atoms with van der Waals surface area (Å²) in [5.41, 5.74) is 1.27. The maximum absolute atomic E-state index is 14.2. The molecule has 0 spiro atoms. The number of pyridine rings is 1. The zero-order chi connectivity index (χ0) is 26.3. The number of carbonyl (C=O) groups is 2. The van der Waals surface area contributed by atoms with Crippen LogP contribution in [-0.2, 0) is 6.18 Å². The Hall–Kier alpha value is -4.78. The third-order valence-corrected chi connectivity index (χ3v) is 5.75. The molecule has 0 fully saturated rings. The van der Waals surface area contributed by atoms with Gasteiger partial charge in [-0.2, -0.15) is 23.4 Å². The number of amides is 2. The van der Waals surface area contributed by atoms with E-state index in [1.54, 1.807) is 18.2 Å². The molecule has 1 aliphatic heterocycles. The summed E-state index contributed by atoms with van der Waals surface area (Å²) in [5, 5.41) is 20.2. The number of hydrazone groups is 1. The number of nitrogens with one attached hydrogen (secondary N) is 4. The van der Waals surface area contributed by atoms with Crippen LogP contribution in [0.4, 0.5) is 30.4 Å². The smallest absolute Gasteiger partial charge is 0.322 e. The number of hydrogen-bond donors (Lipinski definition) is 4. The average molecular weight is 527 g/mol. The Balaban J connectivity index is 1.53. The van der Waals surface area contributed by atoms with Crippen LogP contribution >= 0.6 is 11.6 Å². The first-order chi connectivity index (χ1) is 17.7. The molecule has 2 aromatic carbocycles. The maximum Gasteiger partial charge on any atom is 0.434 e. The van der Waals surface area contributed by atoms with Gasteiger partial charge in [0.1, 0.15) is 5.82 Å². The molecule has 0 saturated heterocycles. The van der Waals surface area contributed by atoms with Crippen molar-refractivity contribution in [2.24, 2.45) is 5.10 Å². The topological polar surface area (TPSA) is 137 Å². The van der Waals surface area contributed by atoms with Gasteiger partial charge in [0, 0.05) is 22.7 Å². The summed E-state index contributed by atoms with van der Waals surface area (Å²) in [6, 6.07) is 8.83. The summed E-state index contributed by atoms with van der Waals surface area (Å²) in [4.78, 5) is 29.2. The fraction of sp³-hybridized carbons (Fsp3) is 0.0435. The third-order valence-electron chi connectivity index (χ3n) is 5.44. The molecule has 2 aromatic heterocycles. The van der Waals surface area contributed by atoms with Crippen molar-refractivity contribution >= 4 is 63.8 Å². The number of halogens is 4. The predicted molar refractivity (Wildman–Crippen MR) is 132 cm³/mol. The number of aromatic nitrogens is 3. The molecule has 0 saturated carbocycles. The molecule has 0 aliphatic carbocycles. The largest absolute Gasteiger partial charge is 0.434 e. The van der Waals surface area contributed by atoms with Gasteiger partial charge in [0.2, 0.25) is 0 Å². The Morgan fingerprint density at radius 1 is 1.22 bits per heavy atom. The van der Waals surface area contributed by atoms with Gasteiger partial charge in [0.15, 0.2) is 5.69 Å². The van der Waals surface area contributed by atoms with Crippen LogP contribution in [0, 0.1) is 5.41 Å². The molecule has 10 nitrogen and oxygen atoms in total. The molecule has 3 heterocycles. The van der Waals surface area contributed by atoms with Crippen LogP contribution in [0.2, 0.25) is 5.02 Å². The van der Waals surface area contributed by atoms with E-state index in [4.69, 9.17) is 17.0 Å². The Morgan fingerprint density at radius 3 is 2.76 bits per heavy atom. The van der Waals surface area contributed by atoms with Crippen molar-refractivity contribution in [2.75, 3.05) is 16.1 Å². The fourth-order valence-electron chi connectivity index (χ4n) is 3.90. The van der Waals surface area contributed by atoms with E-state index in [0.717, 1.165) is 18.6 Å². The second kappa shape index (κ2) is 9.02. The maximum atomic E-state index is 14.2. The van der Waals surface area contributed by atoms with Crippen LogP contribution < -0.4 is 16.1 Å². The Labute approximate surface area is 210 Å². The van der Waals surface area contributed by atoms with Crippen molar-refractivity contribution in [3.05, 3.63) is 70.6 Å². The summed E-state index contributed by atoms with van der Waals surface area (Å²) in [6.45, 7) is 0. The Bertz CT molecular complexity index is 1630. The first-order valence-corrected chi connectivity index (χ1v) is 10.8. The molecule has 37 heavy (non-hydrogen) atoms. The van der Waals surface area contributed by atoms with Gasteiger partial charge in [-0.1, -0.05) is 23.7 Å². The van der Waals surface area contributed by atoms with E-state index in [1.807, 2.05) is 0 Å². The number of hydrogen-bond acceptors (Lipinski definition) is 7. The highest BCUT2D eigenvalue weighted by molar-refractivity contribution is 6.33. The van der Waals surface area contributed by atoms with Gasteiger partial charge in [-0.05, 0) is 24.3 Å². The highest BCUT2D eigenvalue weighted by Crippen LogP contribution is 2.38. The van der Waals surface area contributed by atoms with Gasteiger partial charge in [-0.3, -0.25) is 15.0 Å². The zero-order valence-corrected chi connectivity index (χ0v) is 19.1. The standard InChI is InChI=1S/C23H14ClF3N8O2/c24-15-8-11(4-5-16(15)34-30-7-6-28)32-22(37)14-9-31-35(19(14)23(25,26)27)17-10-29-20-18-12(17)2-1-3-13(18)21(36)33-20/h1-10,28,34H,(H,32,37)(H,29,33,36)/b28-6?,30-7-. The molecule has 5 rings (SSSR count). The molecule has 186 valence electrons. The average Bonchev–Trinajstić information content (AvgIpc) is 3.44. The predicted octanol–water partition coefficient (Wildman–Crippen LogP) is 4.96. The fourth-order valence-corrected chi connectivity index (χ4v) is 4.13. The normalized spacial score (nSPS) is 12.7. The summed E-state index contributed by atoms with van der Waals surface area (Å²) >= 11 is 6.14. The molecule has 0 unspecified atom stereocenters. The Morgan fingerprint density at radius 2 is 2.03 bits per heavy atom. The first-order valence-electron chi connectivity index (χ1n) is 10.5. The molecule has 2 amide bonds. The molecule has 14 heteroatoms. The van der Waals surface area contributed by atoms with E-state index in [0.29, 0.717) is 21.1 Å². The van der Waals surface area contributed by atoms with E-state index >= 15 is 0 Å². The molecular formula is C23H14ClF3N8O2. The minimum absolute atomic E-state index is 0.0487. The number of anilines is 3. The summed E-state index contributed by atoms with van der Waals surface area (Å²) in [7, 11) is 0. The summed E-state index contributed by atoms with van der Waals surface area (Å²) in [6.07, 6.45) is -0.867. The van der Waals surface area contributed by atoms with Gasteiger partial charge in [-0.25, -0.2) is 9.67 Å². The van der Waals surface area contributed by atoms with Crippen molar-refractivity contribution in [1.29, 1.82) is 5.41 Å². The van der Waals surface area contributed by atoms with E-state index in [9.17, 15) is 22.8 Å². The lowest BCUT2D eigenvalue weighted by Crippen LogP contribution is -2.21. The van der Waals surface area contributed by atoms with Crippen LogP contribution in [0.15, 0.2) is 53.9 Å². The lowest BCUT2D eigenvalue weighted by atomic mass is 10.1. The lowest BCUT2D eigenvalue weighted by molar-refractivity contribution is -0.143. The highest BCUT2D eigenvalue weighted by Gasteiger charge is 2.41. The van der Waals surface area contributed by atoms with Gasteiger partial charge < -0.3 is 16.0 Å². The van der Waals surface area contributed by atoms with Gasteiger partial charge in [0.25, 0.3) is 11.8 Å². The number of carbonyl (C=O) groups excluding carboxylic acids is 2. The molecule has 0 bridgehead atoms. The van der Waals surface area contributed by atoms with Crippen LogP contribution in [0.1, 0.15) is 26.4 Å². The molecule has 4 N–H and O–H groups in total. The number of alkyl halides is 3. The molecule has 0 atom stereocenters. The van der Waals surface area contributed by atoms with Crippen molar-refractivity contribution in [3.8, 4) is 5.69 Å².